The van der Waals surface area contributed by atoms with Crippen molar-refractivity contribution in [2.45, 2.75) is 64.2 Å². The maximum Gasteiger partial charge on any atom is 0.257 e. The average Bonchev–Trinajstić information content (AvgIpc) is 3.45. The van der Waals surface area contributed by atoms with E-state index in [0.29, 0.717) is 35.4 Å². The summed E-state index contributed by atoms with van der Waals surface area (Å²) < 4.78 is 0. The van der Waals surface area contributed by atoms with Gasteiger partial charge in [0.25, 0.3) is 5.91 Å². The number of anilines is 2. The molecule has 2 aromatic rings. The average molecular weight is 470 g/mol. The predicted octanol–water partition coefficient (Wildman–Crippen LogP) is 4.43. The lowest BCUT2D eigenvalue weighted by Gasteiger charge is -2.18. The quantitative estimate of drug-likeness (QED) is 0.595. The van der Waals surface area contributed by atoms with Crippen molar-refractivity contribution in [2.75, 3.05) is 23.7 Å². The lowest BCUT2D eigenvalue weighted by atomic mass is 9.90. The summed E-state index contributed by atoms with van der Waals surface area (Å²) in [5.74, 6) is -0.262. The second-order valence-electron chi connectivity index (χ2n) is 8.90. The number of aromatic nitrogens is 2. The lowest BCUT2D eigenvalue weighted by Crippen LogP contribution is -2.29. The smallest absolute Gasteiger partial charge is 0.257 e. The molecule has 1 aromatic carbocycles. The number of rotatable bonds is 8. The molecule has 3 amide bonds. The van der Waals surface area contributed by atoms with Crippen LogP contribution in [0.25, 0.3) is 0 Å². The first-order valence-corrected chi connectivity index (χ1v) is 12.7. The maximum absolute atomic E-state index is 12.6. The first-order valence-electron chi connectivity index (χ1n) is 11.9. The maximum atomic E-state index is 12.6. The Labute approximate surface area is 198 Å². The first-order chi connectivity index (χ1) is 16.0. The van der Waals surface area contributed by atoms with Crippen LogP contribution < -0.4 is 10.6 Å². The van der Waals surface area contributed by atoms with E-state index in [1.807, 2.05) is 0 Å². The van der Waals surface area contributed by atoms with Gasteiger partial charge in [-0.2, -0.15) is 0 Å². The molecule has 2 aliphatic rings. The summed E-state index contributed by atoms with van der Waals surface area (Å²) in [7, 11) is 0. The Morgan fingerprint density at radius 2 is 1.85 bits per heavy atom. The van der Waals surface area contributed by atoms with E-state index in [4.69, 9.17) is 0 Å². The third-order valence-electron chi connectivity index (χ3n) is 6.40. The summed E-state index contributed by atoms with van der Waals surface area (Å²) in [5, 5.41) is 15.6. The molecular weight excluding hydrogens is 438 g/mol. The molecule has 2 N–H and O–H groups in total. The minimum atomic E-state index is -0.340. The fraction of sp³-hybridized carbons (Fsp3) is 0.542. The Hall–Kier alpha value is -2.81. The number of nitrogens with one attached hydrogen (secondary N) is 2. The number of amides is 3. The van der Waals surface area contributed by atoms with Gasteiger partial charge in [0.15, 0.2) is 0 Å². The van der Waals surface area contributed by atoms with Crippen LogP contribution in [0.1, 0.15) is 79.6 Å². The molecule has 1 aliphatic carbocycles. The van der Waals surface area contributed by atoms with Crippen LogP contribution in [0.2, 0.25) is 0 Å². The Bertz CT molecular complexity index is 984. The molecule has 33 heavy (non-hydrogen) atoms. The van der Waals surface area contributed by atoms with Crippen molar-refractivity contribution in [3.05, 3.63) is 34.8 Å². The minimum absolute atomic E-state index is 0.0407. The van der Waals surface area contributed by atoms with E-state index in [-0.39, 0.29) is 30.1 Å². The molecule has 176 valence electrons. The monoisotopic (exact) mass is 469 g/mol. The van der Waals surface area contributed by atoms with Crippen LogP contribution in [0.3, 0.4) is 0 Å². The highest BCUT2D eigenvalue weighted by molar-refractivity contribution is 7.15. The van der Waals surface area contributed by atoms with E-state index in [0.717, 1.165) is 30.7 Å². The van der Waals surface area contributed by atoms with E-state index < -0.39 is 0 Å². The summed E-state index contributed by atoms with van der Waals surface area (Å²) in [5.41, 5.74) is 1.08. The standard InChI is InChI=1S/C24H31N5O3S/c1-2-3-13-29-15-18(14-20(29)30)22(32)25-19-11-9-16(10-12-19)21(31)26-24-28-27-23(33-24)17-7-5-4-6-8-17/h9-12,17-18H,2-8,13-15H2,1H3,(H,25,32)(H,26,28,31). The van der Waals surface area contributed by atoms with Crippen LogP contribution in [0.5, 0.6) is 0 Å². The van der Waals surface area contributed by atoms with Gasteiger partial charge in [0.05, 0.1) is 5.92 Å². The SMILES string of the molecule is CCCCN1CC(C(=O)Nc2ccc(C(=O)Nc3nnc(C4CCCCC4)s3)cc2)CC1=O. The van der Waals surface area contributed by atoms with Crippen LogP contribution in [-0.2, 0) is 9.59 Å². The number of carbonyl (C=O) groups excluding carboxylic acids is 3. The zero-order valence-electron chi connectivity index (χ0n) is 19.0. The molecule has 9 heteroatoms. The molecule has 0 spiro atoms. The minimum Gasteiger partial charge on any atom is -0.342 e. The first kappa shape index (κ1) is 23.4. The molecule has 1 aliphatic heterocycles. The third kappa shape index (κ3) is 5.96. The summed E-state index contributed by atoms with van der Waals surface area (Å²) in [6, 6.07) is 6.74. The van der Waals surface area contributed by atoms with Crippen molar-refractivity contribution in [3.8, 4) is 0 Å². The topological polar surface area (TPSA) is 104 Å². The highest BCUT2D eigenvalue weighted by Crippen LogP contribution is 2.35. The van der Waals surface area contributed by atoms with E-state index >= 15 is 0 Å². The number of nitrogens with zero attached hydrogens (tertiary/aromatic N) is 3. The second-order valence-corrected chi connectivity index (χ2v) is 9.90. The summed E-state index contributed by atoms with van der Waals surface area (Å²) >= 11 is 1.45. The number of benzene rings is 1. The van der Waals surface area contributed by atoms with Gasteiger partial charge >= 0.3 is 0 Å². The van der Waals surface area contributed by atoms with Crippen molar-refractivity contribution in [1.82, 2.24) is 15.1 Å². The normalized spacial score (nSPS) is 19.0. The molecule has 0 bridgehead atoms. The van der Waals surface area contributed by atoms with Gasteiger partial charge < -0.3 is 10.2 Å². The largest absolute Gasteiger partial charge is 0.342 e. The molecule has 2 fully saturated rings. The molecule has 8 nitrogen and oxygen atoms in total. The number of hydrogen-bond donors (Lipinski definition) is 2. The van der Waals surface area contributed by atoms with E-state index in [1.54, 1.807) is 29.2 Å². The Balaban J connectivity index is 1.29. The number of unbranched alkanes of at least 4 members (excludes halogenated alkanes) is 1. The van der Waals surface area contributed by atoms with E-state index in [2.05, 4.69) is 27.8 Å². The second kappa shape index (κ2) is 10.9. The van der Waals surface area contributed by atoms with Gasteiger partial charge in [0.2, 0.25) is 16.9 Å². The lowest BCUT2D eigenvalue weighted by molar-refractivity contribution is -0.128. The van der Waals surface area contributed by atoms with Crippen molar-refractivity contribution in [1.29, 1.82) is 0 Å². The van der Waals surface area contributed by atoms with Gasteiger partial charge in [-0.15, -0.1) is 10.2 Å². The van der Waals surface area contributed by atoms with Crippen molar-refractivity contribution in [3.63, 3.8) is 0 Å². The molecule has 1 saturated carbocycles. The highest BCUT2D eigenvalue weighted by Gasteiger charge is 2.33. The zero-order valence-corrected chi connectivity index (χ0v) is 19.8. The Kier molecular flexibility index (Phi) is 7.69. The van der Waals surface area contributed by atoms with E-state index in [9.17, 15) is 14.4 Å². The van der Waals surface area contributed by atoms with Gasteiger partial charge in [-0.25, -0.2) is 0 Å². The van der Waals surface area contributed by atoms with Crippen molar-refractivity contribution in [2.24, 2.45) is 5.92 Å². The number of carbonyl (C=O) groups is 3. The van der Waals surface area contributed by atoms with Crippen LogP contribution in [0.4, 0.5) is 10.8 Å². The van der Waals surface area contributed by atoms with Gasteiger partial charge in [-0.05, 0) is 43.5 Å². The fourth-order valence-electron chi connectivity index (χ4n) is 4.43. The van der Waals surface area contributed by atoms with Crippen molar-refractivity contribution < 1.29 is 14.4 Å². The molecule has 1 atom stereocenters. The highest BCUT2D eigenvalue weighted by atomic mass is 32.1. The number of likely N-dealkylation sites (tertiary alicyclic amines) is 1. The molecule has 1 unspecified atom stereocenters. The van der Waals surface area contributed by atoms with E-state index in [1.165, 1.54) is 30.6 Å². The van der Waals surface area contributed by atoms with Gasteiger partial charge in [0.1, 0.15) is 5.01 Å². The molecular formula is C24H31N5O3S. The molecule has 1 saturated heterocycles. The van der Waals surface area contributed by atoms with Gasteiger partial charge in [-0.3, -0.25) is 19.7 Å². The summed E-state index contributed by atoms with van der Waals surface area (Å²) in [6.07, 6.45) is 8.23. The predicted molar refractivity (Wildman–Crippen MR) is 128 cm³/mol. The van der Waals surface area contributed by atoms with Gasteiger partial charge in [0, 0.05) is 36.7 Å². The van der Waals surface area contributed by atoms with Crippen molar-refractivity contribution >= 4 is 39.9 Å². The summed E-state index contributed by atoms with van der Waals surface area (Å²) in [6.45, 7) is 3.26. The van der Waals surface area contributed by atoms with Crippen LogP contribution in [-0.4, -0.2) is 45.9 Å². The van der Waals surface area contributed by atoms with Crippen LogP contribution in [0.15, 0.2) is 24.3 Å². The molecule has 4 rings (SSSR count). The molecule has 1 aromatic heterocycles. The Morgan fingerprint density at radius 1 is 1.09 bits per heavy atom. The molecule has 0 radical (unpaired) electrons. The summed E-state index contributed by atoms with van der Waals surface area (Å²) in [4.78, 5) is 39.1. The Morgan fingerprint density at radius 3 is 2.58 bits per heavy atom. The van der Waals surface area contributed by atoms with Crippen LogP contribution >= 0.6 is 11.3 Å². The third-order valence-corrected chi connectivity index (χ3v) is 7.40. The number of hydrogen-bond acceptors (Lipinski definition) is 6. The fourth-order valence-corrected chi connectivity index (χ4v) is 5.34. The van der Waals surface area contributed by atoms with Crippen LogP contribution in [0, 0.1) is 5.92 Å². The van der Waals surface area contributed by atoms with Gasteiger partial charge in [-0.1, -0.05) is 43.9 Å². The molecule has 2 heterocycles. The zero-order chi connectivity index (χ0) is 23.2.